The van der Waals surface area contributed by atoms with Crippen molar-refractivity contribution >= 4 is 34.5 Å². The zero-order chi connectivity index (χ0) is 42.3. The molecule has 2 amide bonds. The summed E-state index contributed by atoms with van der Waals surface area (Å²) in [5.41, 5.74) is 14.2. The fourth-order valence-electron chi connectivity index (χ4n) is 9.47. The number of aromatic amines is 2. The van der Waals surface area contributed by atoms with E-state index in [0.29, 0.717) is 34.9 Å². The molecule has 9 nitrogen and oxygen atoms in total. The largest absolute Gasteiger partial charge is 0.348 e. The van der Waals surface area contributed by atoms with Crippen molar-refractivity contribution in [3.63, 3.8) is 0 Å². The van der Waals surface area contributed by atoms with Gasteiger partial charge in [0.25, 0.3) is 22.9 Å². The first-order chi connectivity index (χ1) is 27.6. The lowest BCUT2D eigenvalue weighted by Crippen LogP contribution is -2.29. The standard InChI is InChI=1S/C24H34N2O2S.C23H33N3O2S/c1-6-19(18-9-7-14(2)8-10-18)22-17(5)21(13-29-22)23(27)25-12-20-15(3)11-16(4)26-24(20)28;1-5-18(16-6-8-17(24)9-7-16)21-15(4)20(12-29-21)22(27)25-11-19-13(2)10-14(3)26-23(19)28/h11,13-14,18-19H,6-10,12H2,1-5H3,(H,25,27)(H,26,28);10,12,16-18H,5-9,11,24H2,1-4H3,(H,25,27)(H,26,28). The molecule has 316 valence electrons. The van der Waals surface area contributed by atoms with Crippen LogP contribution in [0.15, 0.2) is 32.5 Å². The van der Waals surface area contributed by atoms with Gasteiger partial charge in [-0.15, -0.1) is 22.7 Å². The Morgan fingerprint density at radius 3 is 1.41 bits per heavy atom. The highest BCUT2D eigenvalue weighted by molar-refractivity contribution is 7.10. The molecular weight excluding hydrogens is 763 g/mol. The summed E-state index contributed by atoms with van der Waals surface area (Å²) in [7, 11) is 0. The molecule has 58 heavy (non-hydrogen) atoms. The average Bonchev–Trinajstić information content (AvgIpc) is 3.75. The third kappa shape index (κ3) is 10.9. The van der Waals surface area contributed by atoms with Crippen LogP contribution in [0, 0.1) is 59.3 Å². The third-order valence-electron chi connectivity index (χ3n) is 13.1. The van der Waals surface area contributed by atoms with Gasteiger partial charge in [-0.2, -0.15) is 0 Å². The maximum absolute atomic E-state index is 12.9. The first kappa shape index (κ1) is 45.3. The van der Waals surface area contributed by atoms with Gasteiger partial charge in [-0.3, -0.25) is 19.2 Å². The van der Waals surface area contributed by atoms with Crippen molar-refractivity contribution in [3.8, 4) is 0 Å². The highest BCUT2D eigenvalue weighted by Gasteiger charge is 2.31. The molecule has 6 rings (SSSR count). The van der Waals surface area contributed by atoms with Crippen LogP contribution in [0.25, 0.3) is 0 Å². The molecule has 0 radical (unpaired) electrons. The van der Waals surface area contributed by atoms with Crippen molar-refractivity contribution in [1.82, 2.24) is 20.6 Å². The highest BCUT2D eigenvalue weighted by Crippen LogP contribution is 2.44. The van der Waals surface area contributed by atoms with Crippen molar-refractivity contribution < 1.29 is 9.59 Å². The summed E-state index contributed by atoms with van der Waals surface area (Å²) in [5.74, 6) is 3.09. The molecule has 2 aliphatic carbocycles. The molecule has 2 atom stereocenters. The lowest BCUT2D eigenvalue weighted by molar-refractivity contribution is 0.0942. The van der Waals surface area contributed by atoms with E-state index in [0.717, 1.165) is 82.3 Å². The molecule has 4 heterocycles. The second kappa shape index (κ2) is 20.4. The first-order valence-corrected chi connectivity index (χ1v) is 23.3. The molecule has 4 aromatic rings. The van der Waals surface area contributed by atoms with E-state index in [1.165, 1.54) is 48.3 Å². The number of thiophene rings is 2. The Hall–Kier alpha value is -3.80. The van der Waals surface area contributed by atoms with Crippen LogP contribution >= 0.6 is 22.7 Å². The van der Waals surface area contributed by atoms with Crippen LogP contribution in [-0.2, 0) is 13.1 Å². The van der Waals surface area contributed by atoms with E-state index in [1.54, 1.807) is 22.7 Å². The Balaban J connectivity index is 0.000000221. The number of carbonyl (C=O) groups excluding carboxylic acids is 2. The second-order valence-electron chi connectivity index (χ2n) is 17.3. The Bertz CT molecular complexity index is 1990. The Labute approximate surface area is 353 Å². The Morgan fingerprint density at radius 2 is 1.05 bits per heavy atom. The number of carbonyl (C=O) groups is 2. The summed E-state index contributed by atoms with van der Waals surface area (Å²) in [6.45, 7) is 19.0. The van der Waals surface area contributed by atoms with E-state index in [2.05, 4.69) is 55.2 Å². The Morgan fingerprint density at radius 1 is 0.672 bits per heavy atom. The number of nitrogens with two attached hydrogens (primary N) is 1. The molecule has 2 saturated carbocycles. The van der Waals surface area contributed by atoms with Crippen molar-refractivity contribution in [2.75, 3.05) is 0 Å². The minimum atomic E-state index is -0.132. The summed E-state index contributed by atoms with van der Waals surface area (Å²) < 4.78 is 0. The van der Waals surface area contributed by atoms with Gasteiger partial charge in [-0.1, -0.05) is 33.6 Å². The number of hydrogen-bond acceptors (Lipinski definition) is 7. The van der Waals surface area contributed by atoms with Gasteiger partial charge in [0, 0.05) is 62.2 Å². The summed E-state index contributed by atoms with van der Waals surface area (Å²) >= 11 is 3.43. The molecule has 4 aromatic heterocycles. The van der Waals surface area contributed by atoms with E-state index < -0.39 is 0 Å². The molecule has 2 aliphatic rings. The smallest absolute Gasteiger partial charge is 0.253 e. The van der Waals surface area contributed by atoms with E-state index in [1.807, 2.05) is 50.6 Å². The lowest BCUT2D eigenvalue weighted by Gasteiger charge is -2.32. The van der Waals surface area contributed by atoms with Gasteiger partial charge in [0.2, 0.25) is 0 Å². The zero-order valence-corrected chi connectivity index (χ0v) is 37.9. The van der Waals surface area contributed by atoms with Crippen LogP contribution in [0.3, 0.4) is 0 Å². The van der Waals surface area contributed by atoms with Gasteiger partial charge >= 0.3 is 0 Å². The van der Waals surface area contributed by atoms with Crippen molar-refractivity contribution in [3.05, 3.63) is 109 Å². The number of rotatable bonds is 12. The molecule has 0 saturated heterocycles. The van der Waals surface area contributed by atoms with Crippen LogP contribution in [0.2, 0.25) is 0 Å². The molecule has 0 spiro atoms. The summed E-state index contributed by atoms with van der Waals surface area (Å²) in [4.78, 5) is 58.4. The number of amides is 2. The lowest BCUT2D eigenvalue weighted by atomic mass is 9.74. The minimum Gasteiger partial charge on any atom is -0.348 e. The van der Waals surface area contributed by atoms with Gasteiger partial charge in [-0.25, -0.2) is 0 Å². The van der Waals surface area contributed by atoms with Crippen molar-refractivity contribution in [2.24, 2.45) is 23.5 Å². The number of H-pyrrole nitrogens is 2. The normalized spacial score (nSPS) is 20.4. The number of nitrogens with one attached hydrogen (secondary N) is 4. The summed E-state index contributed by atoms with van der Waals surface area (Å²) in [5, 5.41) is 9.88. The van der Waals surface area contributed by atoms with Gasteiger partial charge < -0.3 is 26.3 Å². The van der Waals surface area contributed by atoms with Gasteiger partial charge in [0.15, 0.2) is 0 Å². The van der Waals surface area contributed by atoms with Gasteiger partial charge in [0.05, 0.1) is 11.1 Å². The first-order valence-electron chi connectivity index (χ1n) is 21.5. The minimum absolute atomic E-state index is 0.0866. The zero-order valence-electron chi connectivity index (χ0n) is 36.3. The summed E-state index contributed by atoms with van der Waals surface area (Å²) in [6, 6.07) is 4.22. The molecule has 2 unspecified atom stereocenters. The SMILES string of the molecule is CCC(c1scc(C(=O)NCc2c(C)cc(C)[nH]c2=O)c1C)C1CCC(C)CC1.CCC(c1scc(C(=O)NCc2c(C)cc(C)[nH]c2=O)c1C)C1CCC(N)CC1. The average molecular weight is 830 g/mol. The topological polar surface area (TPSA) is 150 Å². The van der Waals surface area contributed by atoms with Crippen LogP contribution in [-0.4, -0.2) is 27.8 Å². The molecule has 6 N–H and O–H groups in total. The number of hydrogen-bond donors (Lipinski definition) is 5. The molecule has 0 bridgehead atoms. The van der Waals surface area contributed by atoms with E-state index in [-0.39, 0.29) is 36.0 Å². The molecule has 11 heteroatoms. The number of aromatic nitrogens is 2. The van der Waals surface area contributed by atoms with Crippen molar-refractivity contribution in [2.45, 2.75) is 157 Å². The second-order valence-corrected chi connectivity index (χ2v) is 19.1. The van der Waals surface area contributed by atoms with Crippen LogP contribution in [0.1, 0.15) is 172 Å². The van der Waals surface area contributed by atoms with E-state index >= 15 is 0 Å². The summed E-state index contributed by atoms with van der Waals surface area (Å²) in [6.07, 6.45) is 12.0. The quantitative estimate of drug-likeness (QED) is 0.0964. The third-order valence-corrected chi connectivity index (χ3v) is 15.5. The van der Waals surface area contributed by atoms with E-state index in [4.69, 9.17) is 5.73 Å². The highest BCUT2D eigenvalue weighted by atomic mass is 32.1. The number of aryl methyl sites for hydroxylation is 4. The van der Waals surface area contributed by atoms with Crippen molar-refractivity contribution in [1.29, 1.82) is 0 Å². The molecular formula is C47H67N5O4S2. The predicted octanol–water partition coefficient (Wildman–Crippen LogP) is 9.91. The Kier molecular flexibility index (Phi) is 16.0. The van der Waals surface area contributed by atoms with Crippen LogP contribution in [0.5, 0.6) is 0 Å². The van der Waals surface area contributed by atoms with Gasteiger partial charge in [0.1, 0.15) is 0 Å². The van der Waals surface area contributed by atoms with Crippen LogP contribution in [0.4, 0.5) is 0 Å². The fraction of sp³-hybridized carbons (Fsp3) is 0.574. The molecule has 2 fully saturated rings. The molecule has 0 aromatic carbocycles. The monoisotopic (exact) mass is 829 g/mol. The molecule has 0 aliphatic heterocycles. The fourth-order valence-corrected chi connectivity index (χ4v) is 12.2. The van der Waals surface area contributed by atoms with Gasteiger partial charge in [-0.05, 0) is 157 Å². The maximum atomic E-state index is 12.9. The maximum Gasteiger partial charge on any atom is 0.253 e. The van der Waals surface area contributed by atoms with E-state index in [9.17, 15) is 19.2 Å². The number of pyridine rings is 2. The van der Waals surface area contributed by atoms with Crippen LogP contribution < -0.4 is 27.5 Å². The predicted molar refractivity (Wildman–Crippen MR) is 241 cm³/mol.